The van der Waals surface area contributed by atoms with Gasteiger partial charge in [-0.05, 0) is 54.0 Å². The van der Waals surface area contributed by atoms with Crippen LogP contribution in [0, 0.1) is 0 Å². The summed E-state index contributed by atoms with van der Waals surface area (Å²) in [5.74, 6) is -4.24. The second kappa shape index (κ2) is 21.0. The summed E-state index contributed by atoms with van der Waals surface area (Å²) in [7, 11) is 0. The monoisotopic (exact) mass is 902 g/mol. The molecule has 3 aliphatic heterocycles. The number of aromatic amines is 1. The van der Waals surface area contributed by atoms with Crippen LogP contribution in [-0.4, -0.2) is 124 Å². The van der Waals surface area contributed by atoms with Crippen molar-refractivity contribution in [3.05, 3.63) is 107 Å². The molecule has 0 saturated carbocycles. The van der Waals surface area contributed by atoms with Crippen molar-refractivity contribution in [2.75, 3.05) is 19.6 Å². The van der Waals surface area contributed by atoms with Crippen LogP contribution in [0.2, 0.25) is 0 Å². The number of rotatable bonds is 11. The third-order valence-electron chi connectivity index (χ3n) is 12.3. The average molecular weight is 903 g/mol. The normalized spacial score (nSPS) is 24.1. The SMILES string of the molecule is NC(N)=NCCC[C@@H]1NC(=O)[C@H](Cc2c[nH]c3ccccc23)NC(=O)[C@@H](Cc2ccccc2)NC(=O)[C@H](CCN=C(N)N)NC(=O)[C@@H]2Cc3ccccc3CN2C(=O)[C@H]2C[C@@H](N)CN2C1=O. The van der Waals surface area contributed by atoms with Crippen LogP contribution in [0.5, 0.6) is 0 Å². The van der Waals surface area contributed by atoms with Crippen LogP contribution in [0.25, 0.3) is 10.9 Å². The molecule has 15 N–H and O–H groups in total. The summed E-state index contributed by atoms with van der Waals surface area (Å²) in [6.45, 7) is 0.0837. The number of H-pyrrole nitrogens is 1. The molecule has 0 aliphatic carbocycles. The van der Waals surface area contributed by atoms with E-state index in [0.29, 0.717) is 11.1 Å². The second-order valence-corrected chi connectivity index (χ2v) is 17.0. The number of amides is 6. The summed E-state index contributed by atoms with van der Waals surface area (Å²) in [4.78, 5) is 103. The summed E-state index contributed by atoms with van der Waals surface area (Å²) < 4.78 is 0. The van der Waals surface area contributed by atoms with Gasteiger partial charge >= 0.3 is 0 Å². The molecule has 0 spiro atoms. The van der Waals surface area contributed by atoms with Crippen molar-refractivity contribution < 1.29 is 28.8 Å². The topological polar surface area (TPSA) is 328 Å². The Morgan fingerprint density at radius 3 is 1.94 bits per heavy atom. The summed E-state index contributed by atoms with van der Waals surface area (Å²) in [6.07, 6.45) is 2.13. The fourth-order valence-corrected chi connectivity index (χ4v) is 8.95. The number of nitrogens with two attached hydrogens (primary N) is 5. The highest BCUT2D eigenvalue weighted by molar-refractivity contribution is 5.99. The van der Waals surface area contributed by atoms with E-state index in [4.69, 9.17) is 28.7 Å². The maximum absolute atomic E-state index is 15.0. The first-order valence-corrected chi connectivity index (χ1v) is 22.1. The zero-order valence-corrected chi connectivity index (χ0v) is 36.5. The van der Waals surface area contributed by atoms with Gasteiger partial charge in [0.15, 0.2) is 11.9 Å². The van der Waals surface area contributed by atoms with Crippen molar-refractivity contribution in [2.24, 2.45) is 38.7 Å². The van der Waals surface area contributed by atoms with Crippen LogP contribution < -0.4 is 49.9 Å². The van der Waals surface area contributed by atoms with Gasteiger partial charge in [0, 0.05) is 68.6 Å². The predicted molar refractivity (Wildman–Crippen MR) is 248 cm³/mol. The highest BCUT2D eigenvalue weighted by Gasteiger charge is 2.46. The first-order chi connectivity index (χ1) is 31.7. The van der Waals surface area contributed by atoms with E-state index in [2.05, 4.69) is 36.2 Å². The molecule has 0 bridgehead atoms. The van der Waals surface area contributed by atoms with E-state index >= 15 is 0 Å². The molecule has 20 nitrogen and oxygen atoms in total. The lowest BCUT2D eigenvalue weighted by molar-refractivity contribution is -0.150. The molecule has 66 heavy (non-hydrogen) atoms. The number of aromatic nitrogens is 1. The number of carbonyl (C=O) groups excluding carboxylic acids is 6. The minimum atomic E-state index is -1.29. The number of benzene rings is 3. The van der Waals surface area contributed by atoms with Gasteiger partial charge in [-0.1, -0.05) is 72.8 Å². The Kier molecular flexibility index (Phi) is 14.8. The van der Waals surface area contributed by atoms with Crippen molar-refractivity contribution in [2.45, 2.75) is 93.8 Å². The molecule has 3 aromatic carbocycles. The van der Waals surface area contributed by atoms with Crippen molar-refractivity contribution in [1.82, 2.24) is 36.1 Å². The fourth-order valence-electron chi connectivity index (χ4n) is 8.95. The van der Waals surface area contributed by atoms with Crippen LogP contribution in [0.4, 0.5) is 0 Å². The van der Waals surface area contributed by atoms with Gasteiger partial charge in [0.2, 0.25) is 35.4 Å². The smallest absolute Gasteiger partial charge is 0.246 e. The number of guanidine groups is 2. The summed E-state index contributed by atoms with van der Waals surface area (Å²) >= 11 is 0. The number of hydrogen-bond donors (Lipinski definition) is 10. The zero-order chi connectivity index (χ0) is 46.9. The van der Waals surface area contributed by atoms with Crippen LogP contribution in [0.1, 0.15) is 47.9 Å². The Bertz CT molecular complexity index is 2480. The highest BCUT2D eigenvalue weighted by atomic mass is 16.2. The molecular weight excluding hydrogens is 845 g/mol. The number of para-hydroxylation sites is 1. The number of aliphatic imine (C=N–C) groups is 2. The standard InChI is InChI=1S/C46H58N14O6/c47-30-22-38-44(66)59-24-28-12-5-4-11-27(28)21-37(59)42(64)55-33(16-18-53-46(50)51)39(61)57-35(19-26-9-2-1-3-10-26)40(62)58-36(20-29-23-54-32-14-7-6-13-31(29)32)41(63)56-34(43(65)60(38)25-30)15-8-17-52-45(48)49/h1-7,9-14,23,30,33-38,54H,8,15-22,24-25,47H2,(H,55,64)(H,56,63)(H,57,61)(H,58,62)(H4,48,49,52)(H4,50,51,53)/t30-,33+,34+,35-,36+,37+,38-/m1/s1. The average Bonchev–Trinajstić information content (AvgIpc) is 3.90. The Hall–Kier alpha value is -7.48. The summed E-state index contributed by atoms with van der Waals surface area (Å²) in [6, 6.07) is 15.9. The molecule has 7 atom stereocenters. The van der Waals surface area contributed by atoms with Gasteiger partial charge in [-0.25, -0.2) is 0 Å². The van der Waals surface area contributed by atoms with Gasteiger partial charge in [0.1, 0.15) is 36.3 Å². The Morgan fingerprint density at radius 1 is 0.606 bits per heavy atom. The van der Waals surface area contributed by atoms with Crippen molar-refractivity contribution in [3.8, 4) is 0 Å². The Morgan fingerprint density at radius 2 is 1.21 bits per heavy atom. The molecule has 20 heteroatoms. The Labute approximate surface area is 381 Å². The van der Waals surface area contributed by atoms with Gasteiger partial charge in [0.05, 0.1) is 0 Å². The van der Waals surface area contributed by atoms with E-state index in [1.165, 1.54) is 9.80 Å². The number of nitrogens with zero attached hydrogens (tertiary/aromatic N) is 4. The van der Waals surface area contributed by atoms with Gasteiger partial charge in [-0.2, -0.15) is 0 Å². The summed E-state index contributed by atoms with van der Waals surface area (Å²) in [5, 5.41) is 12.3. The van der Waals surface area contributed by atoms with E-state index in [-0.39, 0.29) is 83.0 Å². The van der Waals surface area contributed by atoms with Gasteiger partial charge in [0.25, 0.3) is 0 Å². The van der Waals surface area contributed by atoms with Gasteiger partial charge in [-0.3, -0.25) is 38.8 Å². The molecule has 1 aromatic heterocycles. The molecule has 2 fully saturated rings. The predicted octanol–water partition coefficient (Wildman–Crippen LogP) is -1.50. The van der Waals surface area contributed by atoms with Crippen molar-refractivity contribution in [1.29, 1.82) is 0 Å². The van der Waals surface area contributed by atoms with E-state index in [0.717, 1.165) is 22.0 Å². The van der Waals surface area contributed by atoms with E-state index in [1.807, 2.05) is 54.6 Å². The maximum atomic E-state index is 15.0. The third kappa shape index (κ3) is 11.2. The molecule has 0 radical (unpaired) electrons. The second-order valence-electron chi connectivity index (χ2n) is 17.0. The first kappa shape index (κ1) is 46.5. The minimum absolute atomic E-state index is 0.00139. The Balaban J connectivity index is 1.32. The van der Waals surface area contributed by atoms with Gasteiger partial charge in [-0.15, -0.1) is 0 Å². The van der Waals surface area contributed by atoms with Gasteiger partial charge < -0.3 is 64.7 Å². The molecule has 2 saturated heterocycles. The summed E-state index contributed by atoms with van der Waals surface area (Å²) in [5.41, 5.74) is 32.8. The van der Waals surface area contributed by atoms with E-state index in [9.17, 15) is 28.8 Å². The number of fused-ring (bicyclic) bond motifs is 4. The number of carbonyl (C=O) groups is 6. The quantitative estimate of drug-likeness (QED) is 0.0470. The molecule has 4 aromatic rings. The van der Waals surface area contributed by atoms with Crippen LogP contribution in [-0.2, 0) is 54.6 Å². The molecule has 6 amide bonds. The number of nitrogens with one attached hydrogen (secondary N) is 5. The maximum Gasteiger partial charge on any atom is 0.246 e. The molecule has 4 heterocycles. The molecule has 7 rings (SSSR count). The lowest BCUT2D eigenvalue weighted by Gasteiger charge is -2.40. The molecule has 348 valence electrons. The zero-order valence-electron chi connectivity index (χ0n) is 36.5. The fraction of sp³-hybridized carbons (Fsp3) is 0.391. The van der Waals surface area contributed by atoms with Crippen LogP contribution in [0.15, 0.2) is 95.0 Å². The van der Waals surface area contributed by atoms with E-state index < -0.39 is 77.7 Å². The molecular formula is C46H58N14O6. The van der Waals surface area contributed by atoms with Crippen molar-refractivity contribution in [3.63, 3.8) is 0 Å². The molecule has 0 unspecified atom stereocenters. The number of hydrogen-bond acceptors (Lipinski definition) is 9. The lowest BCUT2D eigenvalue weighted by atomic mass is 9.92. The highest BCUT2D eigenvalue weighted by Crippen LogP contribution is 2.29. The van der Waals surface area contributed by atoms with Crippen LogP contribution in [0.3, 0.4) is 0 Å². The van der Waals surface area contributed by atoms with Crippen molar-refractivity contribution >= 4 is 58.3 Å². The first-order valence-electron chi connectivity index (χ1n) is 22.1. The minimum Gasteiger partial charge on any atom is -0.370 e. The van der Waals surface area contributed by atoms with Crippen LogP contribution >= 0.6 is 0 Å². The molecule has 3 aliphatic rings. The largest absolute Gasteiger partial charge is 0.370 e. The van der Waals surface area contributed by atoms with E-state index in [1.54, 1.807) is 30.5 Å². The lowest BCUT2D eigenvalue weighted by Crippen LogP contribution is -2.63. The third-order valence-corrected chi connectivity index (χ3v) is 12.3.